The fraction of sp³-hybridized carbons (Fsp3) is 0.571. The molecule has 0 aliphatic carbocycles. The molecule has 2 fully saturated rings. The van der Waals surface area contributed by atoms with Gasteiger partial charge in [-0.2, -0.15) is 0 Å². The van der Waals surface area contributed by atoms with Gasteiger partial charge in [-0.3, -0.25) is 4.90 Å². The first-order valence-corrected chi connectivity index (χ1v) is 8.82. The quantitative estimate of drug-likeness (QED) is 0.799. The number of nitrogens with one attached hydrogen (secondary N) is 2. The zero-order valence-corrected chi connectivity index (χ0v) is 13.1. The predicted molar refractivity (Wildman–Crippen MR) is 83.1 cm³/mol. The summed E-state index contributed by atoms with van der Waals surface area (Å²) < 4.78 is 26.6. The minimum absolute atomic E-state index is 0.367. The van der Waals surface area contributed by atoms with E-state index < -0.39 is 10.0 Å². The Kier molecular flexibility index (Phi) is 4.17. The van der Waals surface area contributed by atoms with E-state index in [1.165, 1.54) is 7.05 Å². The maximum absolute atomic E-state index is 12.1. The lowest BCUT2D eigenvalue weighted by Gasteiger charge is -2.48. The number of rotatable bonds is 4. The number of hydrogen-bond acceptors (Lipinski definition) is 5. The van der Waals surface area contributed by atoms with Gasteiger partial charge in [0.05, 0.1) is 5.69 Å². The highest BCUT2D eigenvalue weighted by Gasteiger charge is 2.34. The fourth-order valence-corrected chi connectivity index (χ4v) is 3.94. The summed E-state index contributed by atoms with van der Waals surface area (Å²) in [6, 6.07) is 7.75. The molecule has 0 unspecified atom stereocenters. The minimum atomic E-state index is -3.41. The molecule has 2 N–H and O–H groups in total. The third-order valence-corrected chi connectivity index (χ3v) is 5.76. The Bertz CT molecular complexity index is 593. The summed E-state index contributed by atoms with van der Waals surface area (Å²) in [5.41, 5.74) is 0.804. The zero-order chi connectivity index (χ0) is 14.9. The predicted octanol–water partition coefficient (Wildman–Crippen LogP) is -0.311. The molecule has 7 heteroatoms. The van der Waals surface area contributed by atoms with Crippen molar-refractivity contribution in [2.24, 2.45) is 0 Å². The van der Waals surface area contributed by atoms with Crippen LogP contribution in [-0.4, -0.2) is 65.7 Å². The van der Waals surface area contributed by atoms with E-state index in [1.807, 2.05) is 12.1 Å². The average molecular weight is 310 g/mol. The van der Waals surface area contributed by atoms with Gasteiger partial charge in [-0.25, -0.2) is 13.1 Å². The van der Waals surface area contributed by atoms with Crippen molar-refractivity contribution in [1.82, 2.24) is 14.9 Å². The van der Waals surface area contributed by atoms with E-state index in [-0.39, 0.29) is 0 Å². The van der Waals surface area contributed by atoms with Crippen molar-refractivity contribution in [3.05, 3.63) is 24.3 Å². The maximum atomic E-state index is 12.1. The first-order valence-electron chi connectivity index (χ1n) is 7.34. The Hall–Kier alpha value is -1.15. The topological polar surface area (TPSA) is 64.7 Å². The van der Waals surface area contributed by atoms with Gasteiger partial charge in [-0.1, -0.05) is 12.1 Å². The molecule has 1 aromatic rings. The van der Waals surface area contributed by atoms with Crippen LogP contribution in [0.1, 0.15) is 0 Å². The molecule has 0 aromatic heterocycles. The smallest absolute Gasteiger partial charge is 0.242 e. The van der Waals surface area contributed by atoms with Gasteiger partial charge >= 0.3 is 0 Å². The number of sulfonamides is 1. The van der Waals surface area contributed by atoms with Crippen molar-refractivity contribution >= 4 is 15.7 Å². The van der Waals surface area contributed by atoms with Crippen molar-refractivity contribution in [3.8, 4) is 0 Å². The van der Waals surface area contributed by atoms with E-state index in [0.717, 1.165) is 45.0 Å². The average Bonchev–Trinajstić information content (AvgIpc) is 2.47. The van der Waals surface area contributed by atoms with Crippen LogP contribution in [0.15, 0.2) is 29.2 Å². The number of para-hydroxylation sites is 1. The molecule has 21 heavy (non-hydrogen) atoms. The summed E-state index contributed by atoms with van der Waals surface area (Å²) in [4.78, 5) is 5.00. The molecule has 116 valence electrons. The van der Waals surface area contributed by atoms with Crippen LogP contribution in [0.3, 0.4) is 0 Å². The number of nitrogens with zero attached hydrogens (tertiary/aromatic N) is 2. The van der Waals surface area contributed by atoms with Crippen LogP contribution in [0.5, 0.6) is 0 Å². The van der Waals surface area contributed by atoms with Gasteiger partial charge in [0.25, 0.3) is 0 Å². The zero-order valence-electron chi connectivity index (χ0n) is 12.2. The van der Waals surface area contributed by atoms with E-state index >= 15 is 0 Å². The summed E-state index contributed by atoms with van der Waals surface area (Å²) in [7, 11) is -1.96. The van der Waals surface area contributed by atoms with Crippen molar-refractivity contribution in [3.63, 3.8) is 0 Å². The lowest BCUT2D eigenvalue weighted by molar-refractivity contribution is 0.147. The van der Waals surface area contributed by atoms with E-state index in [2.05, 4.69) is 19.8 Å². The molecule has 2 saturated heterocycles. The summed E-state index contributed by atoms with van der Waals surface area (Å²) in [6.45, 7) is 6.04. The molecule has 0 bridgehead atoms. The Morgan fingerprint density at radius 3 is 2.52 bits per heavy atom. The van der Waals surface area contributed by atoms with Gasteiger partial charge in [0.15, 0.2) is 0 Å². The lowest BCUT2D eigenvalue weighted by atomic mass is 10.0. The summed E-state index contributed by atoms with van der Waals surface area (Å²) in [5.74, 6) is 0. The van der Waals surface area contributed by atoms with Crippen LogP contribution in [-0.2, 0) is 10.0 Å². The number of benzene rings is 1. The number of anilines is 1. The van der Waals surface area contributed by atoms with E-state index in [9.17, 15) is 8.42 Å². The molecule has 2 aliphatic heterocycles. The molecule has 0 atom stereocenters. The normalized spacial score (nSPS) is 21.3. The van der Waals surface area contributed by atoms with Gasteiger partial charge in [-0.15, -0.1) is 0 Å². The number of piperazine rings is 1. The second kappa shape index (κ2) is 5.92. The first kappa shape index (κ1) is 14.8. The van der Waals surface area contributed by atoms with E-state index in [4.69, 9.17) is 0 Å². The van der Waals surface area contributed by atoms with Crippen LogP contribution in [0.4, 0.5) is 5.69 Å². The molecule has 1 aromatic carbocycles. The highest BCUT2D eigenvalue weighted by atomic mass is 32.2. The second-order valence-electron chi connectivity index (χ2n) is 5.52. The SMILES string of the molecule is CNS(=O)(=O)c1ccccc1N1CC(N2CCNCC2)C1. The molecule has 0 amide bonds. The molecule has 2 heterocycles. The summed E-state index contributed by atoms with van der Waals surface area (Å²) in [5, 5.41) is 3.35. The van der Waals surface area contributed by atoms with Gasteiger partial charge in [0.1, 0.15) is 4.90 Å². The molecular weight excluding hydrogens is 288 g/mol. The first-order chi connectivity index (χ1) is 10.1. The Balaban J connectivity index is 1.72. The highest BCUT2D eigenvalue weighted by Crippen LogP contribution is 2.30. The third-order valence-electron chi connectivity index (χ3n) is 4.29. The second-order valence-corrected chi connectivity index (χ2v) is 7.38. The fourth-order valence-electron chi connectivity index (χ4n) is 2.99. The van der Waals surface area contributed by atoms with Gasteiger partial charge < -0.3 is 10.2 Å². The van der Waals surface area contributed by atoms with Crippen LogP contribution >= 0.6 is 0 Å². The summed E-state index contributed by atoms with van der Waals surface area (Å²) >= 11 is 0. The Morgan fingerprint density at radius 2 is 1.86 bits per heavy atom. The molecule has 0 saturated carbocycles. The van der Waals surface area contributed by atoms with Crippen LogP contribution in [0, 0.1) is 0 Å². The molecule has 0 radical (unpaired) electrons. The Labute approximate surface area is 126 Å². The van der Waals surface area contributed by atoms with Crippen molar-refractivity contribution in [2.75, 3.05) is 51.2 Å². The number of hydrogen-bond donors (Lipinski definition) is 2. The Morgan fingerprint density at radius 1 is 1.19 bits per heavy atom. The minimum Gasteiger partial charge on any atom is -0.367 e. The summed E-state index contributed by atoms with van der Waals surface area (Å²) in [6.07, 6.45) is 0. The maximum Gasteiger partial charge on any atom is 0.242 e. The van der Waals surface area contributed by atoms with Crippen molar-refractivity contribution in [2.45, 2.75) is 10.9 Å². The van der Waals surface area contributed by atoms with Crippen LogP contribution < -0.4 is 14.9 Å². The third kappa shape index (κ3) is 2.91. The molecule has 2 aliphatic rings. The molecule has 0 spiro atoms. The van der Waals surface area contributed by atoms with E-state index in [1.54, 1.807) is 12.1 Å². The van der Waals surface area contributed by atoms with Crippen molar-refractivity contribution < 1.29 is 8.42 Å². The van der Waals surface area contributed by atoms with Crippen LogP contribution in [0.2, 0.25) is 0 Å². The standard InChI is InChI=1S/C14H22N4O2S/c1-15-21(19,20)14-5-3-2-4-13(14)18-10-12(11-18)17-8-6-16-7-9-17/h2-5,12,15-16H,6-11H2,1H3. The lowest BCUT2D eigenvalue weighted by Crippen LogP contribution is -2.63. The largest absolute Gasteiger partial charge is 0.367 e. The highest BCUT2D eigenvalue weighted by molar-refractivity contribution is 7.89. The van der Waals surface area contributed by atoms with Gasteiger partial charge in [-0.05, 0) is 19.2 Å². The van der Waals surface area contributed by atoms with E-state index in [0.29, 0.717) is 10.9 Å². The van der Waals surface area contributed by atoms with Crippen molar-refractivity contribution in [1.29, 1.82) is 0 Å². The molecular formula is C14H22N4O2S. The molecule has 6 nitrogen and oxygen atoms in total. The van der Waals surface area contributed by atoms with Crippen LogP contribution in [0.25, 0.3) is 0 Å². The molecule has 3 rings (SSSR count). The monoisotopic (exact) mass is 310 g/mol. The van der Waals surface area contributed by atoms with Gasteiger partial charge in [0, 0.05) is 45.3 Å². The van der Waals surface area contributed by atoms with Gasteiger partial charge in [0.2, 0.25) is 10.0 Å².